The molecule has 19 heavy (non-hydrogen) atoms. The zero-order chi connectivity index (χ0) is 14.2. The van der Waals surface area contributed by atoms with E-state index >= 15 is 0 Å². The molecule has 0 bridgehead atoms. The number of carbonyl (C=O) groups is 1. The first-order chi connectivity index (χ1) is 8.77. The topological polar surface area (TPSA) is 79.5 Å². The van der Waals surface area contributed by atoms with Crippen LogP contribution < -0.4 is 10.9 Å². The summed E-state index contributed by atoms with van der Waals surface area (Å²) < 4.78 is 5.08. The van der Waals surface area contributed by atoms with E-state index in [1.165, 1.54) is 19.9 Å². The van der Waals surface area contributed by atoms with Gasteiger partial charge in [-0.25, -0.2) is 4.79 Å². The fourth-order valence-corrected chi connectivity index (χ4v) is 1.69. The Bertz CT molecular complexity index is 695. The van der Waals surface area contributed by atoms with Gasteiger partial charge in [0.15, 0.2) is 0 Å². The molecule has 5 nitrogen and oxygen atoms in total. The Morgan fingerprint density at radius 3 is 2.63 bits per heavy atom. The average Bonchev–Trinajstić information content (AvgIpc) is 2.26. The van der Waals surface area contributed by atoms with Crippen LogP contribution in [-0.4, -0.2) is 16.6 Å². The molecule has 0 aliphatic carbocycles. The van der Waals surface area contributed by atoms with Gasteiger partial charge in [0.1, 0.15) is 11.2 Å². The summed E-state index contributed by atoms with van der Waals surface area (Å²) >= 11 is 0. The molecule has 0 atom stereocenters. The zero-order valence-corrected chi connectivity index (χ0v) is 11.0. The van der Waals surface area contributed by atoms with E-state index in [2.05, 4.69) is 5.32 Å². The highest BCUT2D eigenvalue weighted by Crippen LogP contribution is 2.21. The van der Waals surface area contributed by atoms with Gasteiger partial charge >= 0.3 is 5.63 Å². The van der Waals surface area contributed by atoms with Crippen LogP contribution in [0.4, 0.5) is 5.69 Å². The van der Waals surface area contributed by atoms with Crippen molar-refractivity contribution >= 4 is 22.6 Å². The second-order valence-electron chi connectivity index (χ2n) is 4.97. The van der Waals surface area contributed by atoms with E-state index in [1.54, 1.807) is 18.2 Å². The SMILES string of the molecule is Cc1cc(=O)oc2cc(NC(=O)C(C)(C)O)ccc12. The van der Waals surface area contributed by atoms with Crippen LogP contribution in [0, 0.1) is 6.92 Å². The molecule has 2 N–H and O–H groups in total. The minimum atomic E-state index is -1.47. The summed E-state index contributed by atoms with van der Waals surface area (Å²) in [7, 11) is 0. The summed E-state index contributed by atoms with van der Waals surface area (Å²) in [6.45, 7) is 4.61. The highest BCUT2D eigenvalue weighted by atomic mass is 16.4. The van der Waals surface area contributed by atoms with Crippen molar-refractivity contribution < 1.29 is 14.3 Å². The highest BCUT2D eigenvalue weighted by molar-refractivity contribution is 5.98. The van der Waals surface area contributed by atoms with E-state index in [0.29, 0.717) is 11.3 Å². The number of anilines is 1. The monoisotopic (exact) mass is 261 g/mol. The molecule has 2 rings (SSSR count). The summed E-state index contributed by atoms with van der Waals surface area (Å²) in [6.07, 6.45) is 0. The first-order valence-electron chi connectivity index (χ1n) is 5.86. The first kappa shape index (κ1) is 13.3. The molecule has 0 aliphatic heterocycles. The largest absolute Gasteiger partial charge is 0.423 e. The molecule has 0 unspecified atom stereocenters. The summed E-state index contributed by atoms with van der Waals surface area (Å²) in [4.78, 5) is 23.0. The number of fused-ring (bicyclic) bond motifs is 1. The van der Waals surface area contributed by atoms with Crippen molar-refractivity contribution in [2.24, 2.45) is 0 Å². The lowest BCUT2D eigenvalue weighted by Gasteiger charge is -2.16. The second kappa shape index (κ2) is 4.51. The molecule has 0 spiro atoms. The van der Waals surface area contributed by atoms with E-state index in [9.17, 15) is 14.7 Å². The van der Waals surface area contributed by atoms with Gasteiger partial charge in [-0.3, -0.25) is 4.79 Å². The summed E-state index contributed by atoms with van der Waals surface area (Å²) in [5.41, 5.74) is -0.225. The third kappa shape index (κ3) is 2.82. The van der Waals surface area contributed by atoms with E-state index in [0.717, 1.165) is 10.9 Å². The molecule has 0 fully saturated rings. The van der Waals surface area contributed by atoms with Crippen LogP contribution in [0.5, 0.6) is 0 Å². The van der Waals surface area contributed by atoms with Crippen molar-refractivity contribution in [3.63, 3.8) is 0 Å². The van der Waals surface area contributed by atoms with E-state index < -0.39 is 17.1 Å². The predicted molar refractivity (Wildman–Crippen MR) is 72.1 cm³/mol. The molecule has 1 heterocycles. The van der Waals surface area contributed by atoms with Crippen LogP contribution in [-0.2, 0) is 4.79 Å². The number of nitrogens with one attached hydrogen (secondary N) is 1. The molecular formula is C14H15NO4. The molecule has 5 heteroatoms. The van der Waals surface area contributed by atoms with Gasteiger partial charge < -0.3 is 14.8 Å². The number of aryl methyl sites for hydroxylation is 1. The van der Waals surface area contributed by atoms with E-state index in [1.807, 2.05) is 6.92 Å². The Morgan fingerprint density at radius 1 is 1.32 bits per heavy atom. The van der Waals surface area contributed by atoms with Crippen LogP contribution >= 0.6 is 0 Å². The van der Waals surface area contributed by atoms with Crippen molar-refractivity contribution in [3.05, 3.63) is 40.2 Å². The number of rotatable bonds is 2. The number of aliphatic hydroxyl groups is 1. The Hall–Kier alpha value is -2.14. The number of carbonyl (C=O) groups excluding carboxylic acids is 1. The lowest BCUT2D eigenvalue weighted by Crippen LogP contribution is -2.36. The van der Waals surface area contributed by atoms with Gasteiger partial charge in [0.2, 0.25) is 0 Å². The molecule has 0 saturated heterocycles. The molecule has 1 amide bonds. The quantitative estimate of drug-likeness (QED) is 0.808. The first-order valence-corrected chi connectivity index (χ1v) is 5.86. The minimum absolute atomic E-state index is 0.401. The third-order valence-corrected chi connectivity index (χ3v) is 2.76. The Kier molecular flexibility index (Phi) is 3.16. The second-order valence-corrected chi connectivity index (χ2v) is 4.97. The van der Waals surface area contributed by atoms with Crippen molar-refractivity contribution in [3.8, 4) is 0 Å². The van der Waals surface area contributed by atoms with Gasteiger partial charge in [0.05, 0.1) is 0 Å². The van der Waals surface area contributed by atoms with Crippen LogP contribution in [0.3, 0.4) is 0 Å². The minimum Gasteiger partial charge on any atom is -0.423 e. The van der Waals surface area contributed by atoms with Gasteiger partial charge in [-0.1, -0.05) is 0 Å². The summed E-state index contributed by atoms with van der Waals surface area (Å²) in [5, 5.41) is 12.9. The van der Waals surface area contributed by atoms with E-state index in [4.69, 9.17) is 4.42 Å². The van der Waals surface area contributed by atoms with Crippen molar-refractivity contribution in [2.45, 2.75) is 26.4 Å². The van der Waals surface area contributed by atoms with Crippen molar-refractivity contribution in [2.75, 3.05) is 5.32 Å². The molecule has 2 aromatic rings. The van der Waals surface area contributed by atoms with Crippen LogP contribution in [0.15, 0.2) is 33.5 Å². The number of hydrogen-bond acceptors (Lipinski definition) is 4. The number of hydrogen-bond donors (Lipinski definition) is 2. The molecule has 0 radical (unpaired) electrons. The maximum absolute atomic E-state index is 11.7. The van der Waals surface area contributed by atoms with Gasteiger partial charge in [-0.2, -0.15) is 0 Å². The standard InChI is InChI=1S/C14H15NO4/c1-8-6-12(16)19-11-7-9(4-5-10(8)11)15-13(17)14(2,3)18/h4-7,18H,1-3H3,(H,15,17). The Morgan fingerprint density at radius 2 is 2.00 bits per heavy atom. The highest BCUT2D eigenvalue weighted by Gasteiger charge is 2.23. The summed E-state index contributed by atoms with van der Waals surface area (Å²) in [5.74, 6) is -0.526. The van der Waals surface area contributed by atoms with E-state index in [-0.39, 0.29) is 0 Å². The van der Waals surface area contributed by atoms with Crippen LogP contribution in [0.1, 0.15) is 19.4 Å². The fourth-order valence-electron chi connectivity index (χ4n) is 1.69. The van der Waals surface area contributed by atoms with Crippen LogP contribution in [0.2, 0.25) is 0 Å². The molecule has 0 saturated carbocycles. The van der Waals surface area contributed by atoms with Gasteiger partial charge in [-0.15, -0.1) is 0 Å². The Balaban J connectivity index is 2.42. The van der Waals surface area contributed by atoms with Crippen molar-refractivity contribution in [1.29, 1.82) is 0 Å². The van der Waals surface area contributed by atoms with Crippen LogP contribution in [0.25, 0.3) is 11.0 Å². The zero-order valence-electron chi connectivity index (χ0n) is 11.0. The van der Waals surface area contributed by atoms with Gasteiger partial charge in [-0.05, 0) is 38.5 Å². The van der Waals surface area contributed by atoms with Gasteiger partial charge in [0, 0.05) is 23.2 Å². The fraction of sp³-hybridized carbons (Fsp3) is 0.286. The number of benzene rings is 1. The molecule has 1 aromatic heterocycles. The van der Waals surface area contributed by atoms with Crippen molar-refractivity contribution in [1.82, 2.24) is 0 Å². The maximum atomic E-state index is 11.7. The normalized spacial score (nSPS) is 11.6. The Labute approximate surface area is 109 Å². The smallest absolute Gasteiger partial charge is 0.336 e. The third-order valence-electron chi connectivity index (χ3n) is 2.76. The number of amides is 1. The summed E-state index contributed by atoms with van der Waals surface area (Å²) in [6, 6.07) is 6.43. The molecule has 0 aliphatic rings. The lowest BCUT2D eigenvalue weighted by atomic mass is 10.1. The lowest BCUT2D eigenvalue weighted by molar-refractivity contribution is -0.130. The van der Waals surface area contributed by atoms with Gasteiger partial charge in [0.25, 0.3) is 5.91 Å². The maximum Gasteiger partial charge on any atom is 0.336 e. The molecule has 1 aromatic carbocycles. The molecular weight excluding hydrogens is 246 g/mol. The average molecular weight is 261 g/mol. The predicted octanol–water partition coefficient (Wildman–Crippen LogP) is 1.81. The molecule has 100 valence electrons.